The Morgan fingerprint density at radius 3 is 2.63 bits per heavy atom. The van der Waals surface area contributed by atoms with Crippen molar-refractivity contribution in [3.05, 3.63) is 29.6 Å². The number of aromatic hydroxyl groups is 1. The molecule has 3 N–H and O–H groups in total. The van der Waals surface area contributed by atoms with Crippen LogP contribution in [0.3, 0.4) is 0 Å². The van der Waals surface area contributed by atoms with Crippen LogP contribution in [0.4, 0.5) is 10.1 Å². The first-order valence-electron chi connectivity index (χ1n) is 8.77. The van der Waals surface area contributed by atoms with Gasteiger partial charge in [0, 0.05) is 18.2 Å². The van der Waals surface area contributed by atoms with Crippen molar-refractivity contribution in [2.75, 3.05) is 17.4 Å². The van der Waals surface area contributed by atoms with E-state index in [9.17, 15) is 18.3 Å². The molecule has 1 saturated heterocycles. The molecular formula is C18H24FN3O4S. The molecule has 0 aromatic heterocycles. The predicted molar refractivity (Wildman–Crippen MR) is 101 cm³/mol. The van der Waals surface area contributed by atoms with Crippen molar-refractivity contribution in [2.24, 2.45) is 5.41 Å². The van der Waals surface area contributed by atoms with Gasteiger partial charge >= 0.3 is 10.2 Å². The van der Waals surface area contributed by atoms with Crippen LogP contribution < -0.4 is 14.3 Å². The summed E-state index contributed by atoms with van der Waals surface area (Å²) in [7, 11) is -4.21. The first-order valence-corrected chi connectivity index (χ1v) is 10.2. The summed E-state index contributed by atoms with van der Waals surface area (Å²) in [4.78, 5) is 11.4. The number of nitrogens with zero attached hydrogens (tertiary/aromatic N) is 1. The molecule has 2 aliphatic rings. The van der Waals surface area contributed by atoms with E-state index >= 15 is 4.39 Å². The predicted octanol–water partition coefficient (Wildman–Crippen LogP) is 1.89. The van der Waals surface area contributed by atoms with E-state index < -0.39 is 39.9 Å². The Balaban J connectivity index is 1.92. The molecule has 1 unspecified atom stereocenters. The second-order valence-corrected chi connectivity index (χ2v) is 9.71. The van der Waals surface area contributed by atoms with Crippen LogP contribution in [-0.4, -0.2) is 38.6 Å². The zero-order chi connectivity index (χ0) is 20.0. The van der Waals surface area contributed by atoms with Crippen LogP contribution in [0, 0.1) is 11.2 Å². The monoisotopic (exact) mass is 397 g/mol. The fourth-order valence-electron chi connectivity index (χ4n) is 3.25. The van der Waals surface area contributed by atoms with Crippen LogP contribution in [0.2, 0.25) is 0 Å². The van der Waals surface area contributed by atoms with Gasteiger partial charge in [0.25, 0.3) is 5.91 Å². The molecule has 1 amide bonds. The Bertz CT molecular complexity index is 906. The maximum absolute atomic E-state index is 15.1. The zero-order valence-corrected chi connectivity index (χ0v) is 16.4. The molecule has 1 aromatic carbocycles. The van der Waals surface area contributed by atoms with Crippen molar-refractivity contribution in [3.63, 3.8) is 0 Å². The van der Waals surface area contributed by atoms with E-state index in [1.807, 2.05) is 6.08 Å². The van der Waals surface area contributed by atoms with Crippen LogP contribution >= 0.6 is 0 Å². The highest BCUT2D eigenvalue weighted by Crippen LogP contribution is 2.38. The second-order valence-electron chi connectivity index (χ2n) is 8.11. The average molecular weight is 397 g/mol. The molecule has 3 rings (SSSR count). The second kappa shape index (κ2) is 6.79. The Morgan fingerprint density at radius 2 is 2.04 bits per heavy atom. The van der Waals surface area contributed by atoms with Crippen LogP contribution in [0.1, 0.15) is 39.2 Å². The van der Waals surface area contributed by atoms with Crippen molar-refractivity contribution in [3.8, 4) is 5.75 Å². The number of amides is 1. The first kappa shape index (κ1) is 19.6. The number of carbonyl (C=O) groups excluding carboxylic acids is 1. The van der Waals surface area contributed by atoms with Gasteiger partial charge in [-0.15, -0.1) is 0 Å². The van der Waals surface area contributed by atoms with E-state index in [1.165, 1.54) is 12.1 Å². The lowest BCUT2D eigenvalue weighted by atomic mass is 9.89. The number of phenolic OH excluding ortho intramolecular Hbond substituents is 1. The van der Waals surface area contributed by atoms with Gasteiger partial charge < -0.3 is 10.4 Å². The molecule has 148 valence electrons. The Hall–Kier alpha value is -2.13. The number of halogens is 1. The van der Waals surface area contributed by atoms with Crippen LogP contribution in [-0.2, 0) is 15.0 Å². The van der Waals surface area contributed by atoms with E-state index in [0.717, 1.165) is 12.8 Å². The fourth-order valence-corrected chi connectivity index (χ4v) is 4.41. The lowest BCUT2D eigenvalue weighted by Crippen LogP contribution is -2.30. The van der Waals surface area contributed by atoms with Gasteiger partial charge in [0.15, 0.2) is 5.82 Å². The number of anilines is 1. The maximum Gasteiger partial charge on any atom is 0.326 e. The standard InChI is InChI=1S/C18H24FN3O4S/c1-18(2,3)7-6-12-8-11(9-20-12)13-4-5-14(23)17(16(13)19)22-10-15(24)21-27(22,25)26/h4-5,8,12,20,23H,6-7,9-10H2,1-3H3,(H,21,24). The molecule has 1 aromatic rings. The van der Waals surface area contributed by atoms with Crippen molar-refractivity contribution >= 4 is 27.4 Å². The van der Waals surface area contributed by atoms with E-state index in [4.69, 9.17) is 0 Å². The summed E-state index contributed by atoms with van der Waals surface area (Å²) in [5.74, 6) is -2.17. The third-order valence-corrected chi connectivity index (χ3v) is 6.05. The van der Waals surface area contributed by atoms with Gasteiger partial charge in [-0.3, -0.25) is 4.79 Å². The van der Waals surface area contributed by atoms with Gasteiger partial charge in [0.1, 0.15) is 18.0 Å². The first-order chi connectivity index (χ1) is 12.5. The number of phenols is 1. The van der Waals surface area contributed by atoms with E-state index in [0.29, 0.717) is 16.4 Å². The summed E-state index contributed by atoms with van der Waals surface area (Å²) in [5.41, 5.74) is 0.593. The fraction of sp³-hybridized carbons (Fsp3) is 0.500. The third kappa shape index (κ3) is 4.08. The minimum Gasteiger partial charge on any atom is -0.506 e. The Labute approximate surface area is 158 Å². The molecule has 0 saturated carbocycles. The zero-order valence-electron chi connectivity index (χ0n) is 15.5. The van der Waals surface area contributed by atoms with Crippen LogP contribution in [0.5, 0.6) is 5.75 Å². The van der Waals surface area contributed by atoms with E-state index in [2.05, 4.69) is 26.1 Å². The summed E-state index contributed by atoms with van der Waals surface area (Å²) < 4.78 is 41.5. The summed E-state index contributed by atoms with van der Waals surface area (Å²) in [6.07, 6.45) is 3.84. The van der Waals surface area contributed by atoms with Gasteiger partial charge in [-0.1, -0.05) is 26.8 Å². The van der Waals surface area contributed by atoms with Gasteiger partial charge in [0.05, 0.1) is 0 Å². The summed E-state index contributed by atoms with van der Waals surface area (Å²) in [6.45, 7) is 6.35. The number of nitrogens with one attached hydrogen (secondary N) is 2. The summed E-state index contributed by atoms with van der Waals surface area (Å²) >= 11 is 0. The molecule has 1 fully saturated rings. The molecular weight excluding hydrogens is 373 g/mol. The minimum absolute atomic E-state index is 0.106. The molecule has 1 atom stereocenters. The van der Waals surface area contributed by atoms with Crippen molar-refractivity contribution in [1.82, 2.24) is 10.0 Å². The largest absolute Gasteiger partial charge is 0.506 e. The molecule has 0 radical (unpaired) electrons. The molecule has 7 nitrogen and oxygen atoms in total. The highest BCUT2D eigenvalue weighted by molar-refractivity contribution is 7.92. The van der Waals surface area contributed by atoms with Gasteiger partial charge in [-0.25, -0.2) is 13.4 Å². The lowest BCUT2D eigenvalue weighted by Gasteiger charge is -2.19. The van der Waals surface area contributed by atoms with Gasteiger partial charge in [-0.05, 0) is 36.0 Å². The van der Waals surface area contributed by atoms with Gasteiger partial charge in [-0.2, -0.15) is 8.42 Å². The number of hydrogen-bond donors (Lipinski definition) is 3. The normalized spacial score (nSPS) is 22.1. The minimum atomic E-state index is -4.21. The third-order valence-electron chi connectivity index (χ3n) is 4.67. The number of rotatable bonds is 4. The smallest absolute Gasteiger partial charge is 0.326 e. The van der Waals surface area contributed by atoms with Crippen molar-refractivity contribution in [2.45, 2.75) is 39.7 Å². The molecule has 0 bridgehead atoms. The molecule has 27 heavy (non-hydrogen) atoms. The summed E-state index contributed by atoms with van der Waals surface area (Å²) in [6, 6.07) is 2.77. The quantitative estimate of drug-likeness (QED) is 0.721. The summed E-state index contributed by atoms with van der Waals surface area (Å²) in [5, 5.41) is 13.4. The Morgan fingerprint density at radius 1 is 1.33 bits per heavy atom. The van der Waals surface area contributed by atoms with Crippen LogP contribution in [0.25, 0.3) is 5.57 Å². The van der Waals surface area contributed by atoms with E-state index in [-0.39, 0.29) is 17.0 Å². The van der Waals surface area contributed by atoms with Crippen molar-refractivity contribution < 1.29 is 22.7 Å². The molecule has 2 aliphatic heterocycles. The maximum atomic E-state index is 15.1. The molecule has 0 spiro atoms. The molecule has 9 heteroatoms. The topological polar surface area (TPSA) is 98.7 Å². The van der Waals surface area contributed by atoms with E-state index in [1.54, 1.807) is 4.72 Å². The number of hydrogen-bond acceptors (Lipinski definition) is 5. The number of carbonyl (C=O) groups is 1. The highest BCUT2D eigenvalue weighted by atomic mass is 32.2. The highest BCUT2D eigenvalue weighted by Gasteiger charge is 2.38. The average Bonchev–Trinajstić information content (AvgIpc) is 3.09. The van der Waals surface area contributed by atoms with Crippen LogP contribution in [0.15, 0.2) is 18.2 Å². The SMILES string of the molecule is CC(C)(C)CCC1C=C(c2ccc(O)c(N3CC(=O)NS3(=O)=O)c2F)CN1. The Kier molecular flexibility index (Phi) is 4.94. The van der Waals surface area contributed by atoms with Gasteiger partial charge in [0.2, 0.25) is 0 Å². The lowest BCUT2D eigenvalue weighted by molar-refractivity contribution is -0.117. The molecule has 2 heterocycles. The molecule has 0 aliphatic carbocycles. The number of benzene rings is 1. The van der Waals surface area contributed by atoms with Crippen molar-refractivity contribution in [1.29, 1.82) is 0 Å².